The highest BCUT2D eigenvalue weighted by Gasteiger charge is 2.17. The molecule has 2 amide bonds. The fourth-order valence-electron chi connectivity index (χ4n) is 2.29. The van der Waals surface area contributed by atoms with Gasteiger partial charge in [-0.25, -0.2) is 9.78 Å². The number of pyridine rings is 1. The van der Waals surface area contributed by atoms with Crippen LogP contribution in [0, 0.1) is 6.92 Å². The number of hydrogen-bond donors (Lipinski definition) is 0. The molecule has 110 valence electrons. The van der Waals surface area contributed by atoms with Crippen molar-refractivity contribution in [2.24, 2.45) is 4.99 Å². The van der Waals surface area contributed by atoms with E-state index in [1.165, 1.54) is 11.3 Å². The monoisotopic (exact) mass is 322 g/mol. The van der Waals surface area contributed by atoms with E-state index in [1.54, 1.807) is 17.2 Å². The summed E-state index contributed by atoms with van der Waals surface area (Å²) in [6, 6.07) is 3.43. The first kappa shape index (κ1) is 14.3. The third-order valence-electron chi connectivity index (χ3n) is 3.33. The minimum Gasteiger partial charge on any atom is -0.323 e. The Morgan fingerprint density at radius 2 is 2.14 bits per heavy atom. The average Bonchev–Trinajstić information content (AvgIpc) is 3.09. The van der Waals surface area contributed by atoms with Gasteiger partial charge in [0.05, 0.1) is 11.9 Å². The third kappa shape index (κ3) is 3.16. The third-order valence-corrected chi connectivity index (χ3v) is 4.45. The Bertz CT molecular complexity index is 713. The summed E-state index contributed by atoms with van der Waals surface area (Å²) in [6.45, 7) is 3.59. The fraction of sp³-hybridized carbons (Fsp3) is 0.357. The van der Waals surface area contributed by atoms with Gasteiger partial charge in [-0.1, -0.05) is 11.6 Å². The average molecular weight is 323 g/mol. The van der Waals surface area contributed by atoms with E-state index in [0.717, 1.165) is 36.5 Å². The number of amides is 2. The van der Waals surface area contributed by atoms with E-state index in [4.69, 9.17) is 11.6 Å². The number of carbonyl (C=O) groups excluding carboxylic acids is 1. The van der Waals surface area contributed by atoms with Crippen molar-refractivity contribution in [3.63, 3.8) is 0 Å². The van der Waals surface area contributed by atoms with Crippen LogP contribution in [0.2, 0.25) is 5.15 Å². The van der Waals surface area contributed by atoms with Crippen molar-refractivity contribution >= 4 is 29.0 Å². The van der Waals surface area contributed by atoms with E-state index in [0.29, 0.717) is 9.95 Å². The molecule has 2 aromatic rings. The molecule has 0 aliphatic carbocycles. The number of urea groups is 1. The zero-order valence-electron chi connectivity index (χ0n) is 11.6. The van der Waals surface area contributed by atoms with Crippen molar-refractivity contribution in [1.29, 1.82) is 0 Å². The molecule has 3 heterocycles. The van der Waals surface area contributed by atoms with Gasteiger partial charge in [-0.2, -0.15) is 4.99 Å². The van der Waals surface area contributed by atoms with Gasteiger partial charge in [-0.15, -0.1) is 11.3 Å². The molecule has 1 fully saturated rings. The summed E-state index contributed by atoms with van der Waals surface area (Å²) < 4.78 is 1.87. The molecule has 21 heavy (non-hydrogen) atoms. The summed E-state index contributed by atoms with van der Waals surface area (Å²) in [6.07, 6.45) is 5.75. The van der Waals surface area contributed by atoms with Crippen molar-refractivity contribution in [3.8, 4) is 5.69 Å². The second kappa shape index (κ2) is 5.99. The SMILES string of the molecule is Cc1cn(-c2ccc(Cl)nc2)/c(=N/C(=O)N2CCCC2)s1. The number of thiazole rings is 1. The predicted molar refractivity (Wildman–Crippen MR) is 83.0 cm³/mol. The molecule has 0 atom stereocenters. The van der Waals surface area contributed by atoms with Crippen LogP contribution in [0.1, 0.15) is 17.7 Å². The molecule has 0 unspecified atom stereocenters. The van der Waals surface area contributed by atoms with Gasteiger partial charge < -0.3 is 4.90 Å². The van der Waals surface area contributed by atoms with Crippen LogP contribution in [-0.4, -0.2) is 33.6 Å². The molecular formula is C14H15ClN4OS. The predicted octanol–water partition coefficient (Wildman–Crippen LogP) is 3.01. The minimum atomic E-state index is -0.162. The molecule has 0 bridgehead atoms. The maximum Gasteiger partial charge on any atom is 0.346 e. The standard InChI is InChI=1S/C14H15ClN4OS/c1-10-9-19(11-4-5-12(15)16-8-11)14(21-10)17-13(20)18-6-2-3-7-18/h4-5,8-9H,2-3,6-7H2,1H3/b17-14-. The summed E-state index contributed by atoms with van der Waals surface area (Å²) in [5.74, 6) is 0. The van der Waals surface area contributed by atoms with Crippen LogP contribution in [0.3, 0.4) is 0 Å². The minimum absolute atomic E-state index is 0.162. The van der Waals surface area contributed by atoms with Gasteiger partial charge in [0.25, 0.3) is 0 Å². The van der Waals surface area contributed by atoms with Gasteiger partial charge >= 0.3 is 6.03 Å². The number of aryl methyl sites for hydroxylation is 1. The Hall–Kier alpha value is -1.66. The van der Waals surface area contributed by atoms with Gasteiger partial charge in [0.15, 0.2) is 4.80 Å². The molecule has 1 aliphatic heterocycles. The molecule has 0 aromatic carbocycles. The lowest BCUT2D eigenvalue weighted by atomic mass is 10.4. The van der Waals surface area contributed by atoms with Crippen LogP contribution < -0.4 is 4.80 Å². The van der Waals surface area contributed by atoms with Crippen LogP contribution in [0.25, 0.3) is 5.69 Å². The largest absolute Gasteiger partial charge is 0.346 e. The van der Waals surface area contributed by atoms with Crippen LogP contribution in [0.15, 0.2) is 29.5 Å². The second-order valence-electron chi connectivity index (χ2n) is 4.92. The Labute approximate surface area is 131 Å². The quantitative estimate of drug-likeness (QED) is 0.758. The fourth-order valence-corrected chi connectivity index (χ4v) is 3.23. The molecule has 0 spiro atoms. The maximum absolute atomic E-state index is 12.2. The Kier molecular flexibility index (Phi) is 4.07. The first-order chi connectivity index (χ1) is 10.1. The molecule has 0 saturated carbocycles. The lowest BCUT2D eigenvalue weighted by Gasteiger charge is -2.10. The first-order valence-electron chi connectivity index (χ1n) is 6.78. The maximum atomic E-state index is 12.2. The van der Waals surface area contributed by atoms with Crippen molar-refractivity contribution in [1.82, 2.24) is 14.5 Å². The van der Waals surface area contributed by atoms with Crippen LogP contribution in [0.5, 0.6) is 0 Å². The van der Waals surface area contributed by atoms with E-state index >= 15 is 0 Å². The number of rotatable bonds is 1. The lowest BCUT2D eigenvalue weighted by Crippen LogP contribution is -2.27. The molecule has 5 nitrogen and oxygen atoms in total. The van der Waals surface area contributed by atoms with Crippen LogP contribution in [-0.2, 0) is 0 Å². The molecule has 0 radical (unpaired) electrons. The summed E-state index contributed by atoms with van der Waals surface area (Å²) in [4.78, 5) is 24.1. The van der Waals surface area contributed by atoms with E-state index in [2.05, 4.69) is 9.98 Å². The highest BCUT2D eigenvalue weighted by atomic mass is 35.5. The number of carbonyl (C=O) groups is 1. The number of likely N-dealkylation sites (tertiary alicyclic amines) is 1. The van der Waals surface area contributed by atoms with E-state index in [1.807, 2.05) is 23.8 Å². The lowest BCUT2D eigenvalue weighted by molar-refractivity contribution is 0.218. The number of hydrogen-bond acceptors (Lipinski definition) is 3. The van der Waals surface area contributed by atoms with E-state index in [-0.39, 0.29) is 6.03 Å². The topological polar surface area (TPSA) is 50.5 Å². The molecule has 0 N–H and O–H groups in total. The number of halogens is 1. The van der Waals surface area contributed by atoms with Gasteiger partial charge in [0.1, 0.15) is 5.15 Å². The molecule has 2 aromatic heterocycles. The first-order valence-corrected chi connectivity index (χ1v) is 7.97. The van der Waals surface area contributed by atoms with Crippen molar-refractivity contribution < 1.29 is 4.79 Å². The van der Waals surface area contributed by atoms with Gasteiger partial charge in [0, 0.05) is 24.2 Å². The molecule has 1 saturated heterocycles. The van der Waals surface area contributed by atoms with Crippen molar-refractivity contribution in [2.75, 3.05) is 13.1 Å². The Morgan fingerprint density at radius 1 is 1.38 bits per heavy atom. The van der Waals surface area contributed by atoms with Gasteiger partial charge in [-0.3, -0.25) is 4.57 Å². The zero-order chi connectivity index (χ0) is 14.8. The highest BCUT2D eigenvalue weighted by Crippen LogP contribution is 2.13. The molecule has 3 rings (SSSR count). The molecule has 7 heteroatoms. The number of aromatic nitrogens is 2. The molecular weight excluding hydrogens is 308 g/mol. The van der Waals surface area contributed by atoms with Crippen LogP contribution >= 0.6 is 22.9 Å². The van der Waals surface area contributed by atoms with Crippen LogP contribution in [0.4, 0.5) is 4.79 Å². The molecule has 1 aliphatic rings. The summed E-state index contributed by atoms with van der Waals surface area (Å²) in [7, 11) is 0. The van der Waals surface area contributed by atoms with E-state index < -0.39 is 0 Å². The normalized spacial score (nSPS) is 15.7. The summed E-state index contributed by atoms with van der Waals surface area (Å²) in [5, 5.41) is 0.443. The zero-order valence-corrected chi connectivity index (χ0v) is 13.2. The smallest absolute Gasteiger partial charge is 0.323 e. The number of nitrogens with zero attached hydrogens (tertiary/aromatic N) is 4. The second-order valence-corrected chi connectivity index (χ2v) is 6.52. The van der Waals surface area contributed by atoms with Gasteiger partial charge in [-0.05, 0) is 31.9 Å². The Balaban J connectivity index is 1.99. The van der Waals surface area contributed by atoms with E-state index in [9.17, 15) is 4.79 Å². The highest BCUT2D eigenvalue weighted by molar-refractivity contribution is 7.09. The van der Waals surface area contributed by atoms with Gasteiger partial charge in [0.2, 0.25) is 0 Å². The van der Waals surface area contributed by atoms with Crippen molar-refractivity contribution in [2.45, 2.75) is 19.8 Å². The summed E-state index contributed by atoms with van der Waals surface area (Å²) >= 11 is 7.30. The Morgan fingerprint density at radius 3 is 2.81 bits per heavy atom. The van der Waals surface area contributed by atoms with Crippen molar-refractivity contribution in [3.05, 3.63) is 39.4 Å². The summed E-state index contributed by atoms with van der Waals surface area (Å²) in [5.41, 5.74) is 0.844.